The predicted molar refractivity (Wildman–Crippen MR) is 58.8 cm³/mol. The van der Waals surface area contributed by atoms with Gasteiger partial charge in [0.1, 0.15) is 6.10 Å². The van der Waals surface area contributed by atoms with E-state index in [1.807, 2.05) is 24.3 Å². The van der Waals surface area contributed by atoms with E-state index in [9.17, 15) is 9.90 Å². The molecule has 0 saturated carbocycles. The van der Waals surface area contributed by atoms with Crippen molar-refractivity contribution in [1.29, 1.82) is 0 Å². The fraction of sp³-hybridized carbons (Fsp3) is 0.417. The fourth-order valence-electron chi connectivity index (χ4n) is 1.98. The number of nitrogens with zero attached hydrogens (tertiary/aromatic N) is 1. The van der Waals surface area contributed by atoms with E-state index >= 15 is 0 Å². The number of carbonyl (C=O) groups is 1. The van der Waals surface area contributed by atoms with Crippen molar-refractivity contribution in [3.8, 4) is 0 Å². The average molecular weight is 205 g/mol. The van der Waals surface area contributed by atoms with Gasteiger partial charge in [0.25, 0.3) is 5.91 Å². The Morgan fingerprint density at radius 2 is 2.20 bits per heavy atom. The number of aliphatic hydroxyl groups excluding tert-OH is 1. The number of hydrogen-bond acceptors (Lipinski definition) is 2. The minimum Gasteiger partial charge on any atom is -0.383 e. The van der Waals surface area contributed by atoms with Crippen molar-refractivity contribution in [2.24, 2.45) is 0 Å². The van der Waals surface area contributed by atoms with E-state index in [-0.39, 0.29) is 5.91 Å². The van der Waals surface area contributed by atoms with Crippen LogP contribution in [0.15, 0.2) is 24.3 Å². The highest BCUT2D eigenvalue weighted by Crippen LogP contribution is 2.25. The third kappa shape index (κ3) is 1.75. The Kier molecular flexibility index (Phi) is 2.73. The normalized spacial score (nSPS) is 21.1. The van der Waals surface area contributed by atoms with Crippen molar-refractivity contribution in [3.05, 3.63) is 29.8 Å². The van der Waals surface area contributed by atoms with Gasteiger partial charge in [-0.15, -0.1) is 0 Å². The molecule has 3 heteroatoms. The van der Waals surface area contributed by atoms with E-state index < -0.39 is 6.10 Å². The van der Waals surface area contributed by atoms with Crippen molar-refractivity contribution in [2.75, 3.05) is 11.4 Å². The van der Waals surface area contributed by atoms with E-state index in [1.165, 1.54) is 0 Å². The quantitative estimate of drug-likeness (QED) is 0.791. The summed E-state index contributed by atoms with van der Waals surface area (Å²) < 4.78 is 0. The molecule has 0 bridgehead atoms. The number of benzene rings is 1. The molecule has 1 aliphatic heterocycles. The van der Waals surface area contributed by atoms with Crippen LogP contribution < -0.4 is 4.90 Å². The van der Waals surface area contributed by atoms with E-state index in [2.05, 4.69) is 6.92 Å². The third-order valence-electron chi connectivity index (χ3n) is 2.84. The Labute approximate surface area is 89.3 Å². The summed E-state index contributed by atoms with van der Waals surface area (Å²) >= 11 is 0. The van der Waals surface area contributed by atoms with Crippen molar-refractivity contribution in [1.82, 2.24) is 0 Å². The molecular weight excluding hydrogens is 190 g/mol. The summed E-state index contributed by atoms with van der Waals surface area (Å²) in [5.74, 6) is -0.170. The second kappa shape index (κ2) is 4.03. The van der Waals surface area contributed by atoms with Gasteiger partial charge in [0, 0.05) is 18.7 Å². The monoisotopic (exact) mass is 205 g/mol. The first-order chi connectivity index (χ1) is 7.24. The lowest BCUT2D eigenvalue weighted by Gasteiger charge is -2.19. The number of rotatable bonds is 2. The molecule has 1 amide bonds. The first-order valence-electron chi connectivity index (χ1n) is 5.31. The largest absolute Gasteiger partial charge is 0.383 e. The Balaban J connectivity index is 2.33. The Bertz CT molecular complexity index is 376. The number of amides is 1. The summed E-state index contributed by atoms with van der Waals surface area (Å²) in [6, 6.07) is 7.86. The van der Waals surface area contributed by atoms with Crippen LogP contribution in [0.1, 0.15) is 18.9 Å². The molecule has 1 saturated heterocycles. The zero-order valence-corrected chi connectivity index (χ0v) is 8.81. The molecule has 0 radical (unpaired) electrons. The lowest BCUT2D eigenvalue weighted by molar-refractivity contribution is -0.124. The molecule has 0 unspecified atom stereocenters. The summed E-state index contributed by atoms with van der Waals surface area (Å²) in [6.45, 7) is 2.69. The maximum atomic E-state index is 11.6. The molecular formula is C12H15NO2. The molecule has 80 valence electrons. The summed E-state index contributed by atoms with van der Waals surface area (Å²) in [6.07, 6.45) is 0.627. The number of anilines is 1. The third-order valence-corrected chi connectivity index (χ3v) is 2.84. The van der Waals surface area contributed by atoms with Gasteiger partial charge in [0.05, 0.1) is 0 Å². The predicted octanol–water partition coefficient (Wildman–Crippen LogP) is 1.35. The highest BCUT2D eigenvalue weighted by Gasteiger charge is 2.31. The van der Waals surface area contributed by atoms with E-state index in [4.69, 9.17) is 0 Å². The zero-order chi connectivity index (χ0) is 10.8. The smallest absolute Gasteiger partial charge is 0.255 e. The Morgan fingerprint density at radius 3 is 2.80 bits per heavy atom. The van der Waals surface area contributed by atoms with Crippen LogP contribution in [0.25, 0.3) is 0 Å². The molecule has 0 aliphatic carbocycles. The van der Waals surface area contributed by atoms with Crippen molar-refractivity contribution in [3.63, 3.8) is 0 Å². The first kappa shape index (κ1) is 10.2. The second-order valence-electron chi connectivity index (χ2n) is 3.78. The highest BCUT2D eigenvalue weighted by atomic mass is 16.3. The maximum Gasteiger partial charge on any atom is 0.255 e. The number of carbonyl (C=O) groups excluding carboxylic acids is 1. The minimum absolute atomic E-state index is 0.170. The molecule has 0 spiro atoms. The lowest BCUT2D eigenvalue weighted by Crippen LogP contribution is -2.29. The van der Waals surface area contributed by atoms with Gasteiger partial charge in [0.15, 0.2) is 0 Å². The van der Waals surface area contributed by atoms with Gasteiger partial charge in [0.2, 0.25) is 0 Å². The van der Waals surface area contributed by atoms with Crippen LogP contribution in [0.5, 0.6) is 0 Å². The van der Waals surface area contributed by atoms with Crippen LogP contribution >= 0.6 is 0 Å². The summed E-state index contributed by atoms with van der Waals surface area (Å²) in [4.78, 5) is 13.3. The van der Waals surface area contributed by atoms with Crippen LogP contribution in [0.2, 0.25) is 0 Å². The molecule has 1 heterocycles. The lowest BCUT2D eigenvalue weighted by atomic mass is 10.1. The highest BCUT2D eigenvalue weighted by molar-refractivity contribution is 5.99. The van der Waals surface area contributed by atoms with Crippen molar-refractivity contribution in [2.45, 2.75) is 25.9 Å². The topological polar surface area (TPSA) is 40.5 Å². The van der Waals surface area contributed by atoms with Crippen molar-refractivity contribution >= 4 is 11.6 Å². The van der Waals surface area contributed by atoms with Crippen LogP contribution in [-0.2, 0) is 11.2 Å². The molecule has 1 N–H and O–H groups in total. The first-order valence-corrected chi connectivity index (χ1v) is 5.31. The van der Waals surface area contributed by atoms with Gasteiger partial charge in [-0.05, 0) is 18.1 Å². The van der Waals surface area contributed by atoms with Crippen molar-refractivity contribution < 1.29 is 9.90 Å². The molecule has 0 aromatic heterocycles. The molecule has 3 nitrogen and oxygen atoms in total. The summed E-state index contributed by atoms with van der Waals surface area (Å²) in [5.41, 5.74) is 2.10. The molecule has 1 fully saturated rings. The van der Waals surface area contributed by atoms with Crippen LogP contribution in [0, 0.1) is 0 Å². The Hall–Kier alpha value is -1.35. The number of para-hydroxylation sites is 1. The SMILES string of the molecule is CCc1ccccc1N1CC[C@H](O)C1=O. The van der Waals surface area contributed by atoms with E-state index in [0.717, 1.165) is 17.7 Å². The van der Waals surface area contributed by atoms with E-state index in [1.54, 1.807) is 4.90 Å². The molecule has 1 aliphatic rings. The average Bonchev–Trinajstić information content (AvgIpc) is 2.60. The van der Waals surface area contributed by atoms with Gasteiger partial charge in [-0.3, -0.25) is 4.79 Å². The molecule has 1 atom stereocenters. The van der Waals surface area contributed by atoms with Gasteiger partial charge in [-0.25, -0.2) is 0 Å². The number of aliphatic hydroxyl groups is 1. The van der Waals surface area contributed by atoms with E-state index in [0.29, 0.717) is 13.0 Å². The Morgan fingerprint density at radius 1 is 1.47 bits per heavy atom. The second-order valence-corrected chi connectivity index (χ2v) is 3.78. The van der Waals surface area contributed by atoms with Crippen LogP contribution in [-0.4, -0.2) is 23.7 Å². The fourth-order valence-corrected chi connectivity index (χ4v) is 1.98. The number of aryl methyl sites for hydroxylation is 1. The molecule has 1 aromatic rings. The molecule has 2 rings (SSSR count). The molecule has 15 heavy (non-hydrogen) atoms. The maximum absolute atomic E-state index is 11.6. The molecule has 1 aromatic carbocycles. The standard InChI is InChI=1S/C12H15NO2/c1-2-9-5-3-4-6-10(9)13-8-7-11(14)12(13)15/h3-6,11,14H,2,7-8H2,1H3/t11-/m0/s1. The zero-order valence-electron chi connectivity index (χ0n) is 8.81. The van der Waals surface area contributed by atoms with Crippen LogP contribution in [0.3, 0.4) is 0 Å². The van der Waals surface area contributed by atoms with Gasteiger partial charge in [-0.2, -0.15) is 0 Å². The van der Waals surface area contributed by atoms with Gasteiger partial charge in [-0.1, -0.05) is 25.1 Å². The van der Waals surface area contributed by atoms with Crippen LogP contribution in [0.4, 0.5) is 5.69 Å². The number of hydrogen-bond donors (Lipinski definition) is 1. The van der Waals surface area contributed by atoms with Gasteiger partial charge < -0.3 is 10.0 Å². The summed E-state index contributed by atoms with van der Waals surface area (Å²) in [7, 11) is 0. The minimum atomic E-state index is -0.810. The van der Waals surface area contributed by atoms with Gasteiger partial charge >= 0.3 is 0 Å². The summed E-state index contributed by atoms with van der Waals surface area (Å²) in [5, 5.41) is 9.40.